The Kier molecular flexibility index (Phi) is 4.24. The average Bonchev–Trinajstić information content (AvgIpc) is 2.89. The molecule has 2 aliphatic rings. The second kappa shape index (κ2) is 5.94. The van der Waals surface area contributed by atoms with Gasteiger partial charge in [0.1, 0.15) is 0 Å². The molecule has 1 N–H and O–H groups in total. The fraction of sp³-hybridized carbons (Fsp3) is 0.643. The van der Waals surface area contributed by atoms with Crippen molar-refractivity contribution < 1.29 is 4.79 Å². The zero-order valence-corrected chi connectivity index (χ0v) is 13.3. The van der Waals surface area contributed by atoms with Crippen LogP contribution in [0.1, 0.15) is 35.4 Å². The summed E-state index contributed by atoms with van der Waals surface area (Å²) < 4.78 is 1.03. The average molecular weight is 343 g/mol. The van der Waals surface area contributed by atoms with Crippen LogP contribution in [0.15, 0.2) is 15.9 Å². The van der Waals surface area contributed by atoms with Crippen LogP contribution in [0.5, 0.6) is 0 Å². The molecule has 2 fully saturated rings. The quantitative estimate of drug-likeness (QED) is 0.891. The van der Waals surface area contributed by atoms with Gasteiger partial charge in [0.2, 0.25) is 0 Å². The lowest BCUT2D eigenvalue weighted by molar-refractivity contribution is 0.0738. The maximum atomic E-state index is 12.6. The van der Waals surface area contributed by atoms with Crippen LogP contribution in [0.2, 0.25) is 0 Å². The van der Waals surface area contributed by atoms with Gasteiger partial charge in [-0.1, -0.05) is 0 Å². The van der Waals surface area contributed by atoms with Crippen molar-refractivity contribution in [1.82, 2.24) is 10.2 Å². The van der Waals surface area contributed by atoms with E-state index in [1.165, 1.54) is 37.0 Å². The number of thiophene rings is 1. The Labute approximate surface area is 126 Å². The van der Waals surface area contributed by atoms with Gasteiger partial charge in [0.05, 0.1) is 8.66 Å². The number of nitrogens with one attached hydrogen (secondary N) is 1. The van der Waals surface area contributed by atoms with Gasteiger partial charge in [0.15, 0.2) is 0 Å². The number of nitrogens with zero attached hydrogens (tertiary/aromatic N) is 1. The summed E-state index contributed by atoms with van der Waals surface area (Å²) in [5, 5.41) is 3.49. The SMILES string of the molecule is O=C(c1ccc(Br)s1)N(CC1CC1)CC1CCCN1. The summed E-state index contributed by atoms with van der Waals surface area (Å²) >= 11 is 4.97. The molecule has 0 bridgehead atoms. The van der Waals surface area contributed by atoms with Crippen LogP contribution in [0.25, 0.3) is 0 Å². The first-order valence-corrected chi connectivity index (χ1v) is 8.61. The van der Waals surface area contributed by atoms with Gasteiger partial charge in [-0.3, -0.25) is 4.79 Å². The summed E-state index contributed by atoms with van der Waals surface area (Å²) in [6.07, 6.45) is 5.01. The maximum absolute atomic E-state index is 12.6. The zero-order valence-electron chi connectivity index (χ0n) is 10.9. The predicted molar refractivity (Wildman–Crippen MR) is 81.7 cm³/mol. The topological polar surface area (TPSA) is 32.3 Å². The number of amides is 1. The number of halogens is 1. The van der Waals surface area contributed by atoms with E-state index in [4.69, 9.17) is 0 Å². The zero-order chi connectivity index (χ0) is 13.2. The molecule has 1 saturated heterocycles. The molecule has 0 aromatic carbocycles. The number of hydrogen-bond donors (Lipinski definition) is 1. The van der Waals surface area contributed by atoms with E-state index in [0.717, 1.165) is 34.2 Å². The summed E-state index contributed by atoms with van der Waals surface area (Å²) in [6, 6.07) is 4.38. The van der Waals surface area contributed by atoms with E-state index >= 15 is 0 Å². The Morgan fingerprint density at radius 3 is 2.79 bits per heavy atom. The third-order valence-electron chi connectivity index (χ3n) is 3.85. The Morgan fingerprint density at radius 2 is 2.21 bits per heavy atom. The van der Waals surface area contributed by atoms with Crippen molar-refractivity contribution in [1.29, 1.82) is 0 Å². The first-order valence-electron chi connectivity index (χ1n) is 7.00. The predicted octanol–water partition coefficient (Wildman–Crippen LogP) is 3.11. The van der Waals surface area contributed by atoms with Gasteiger partial charge in [0.25, 0.3) is 5.91 Å². The first kappa shape index (κ1) is 13.6. The highest BCUT2D eigenvalue weighted by atomic mass is 79.9. The van der Waals surface area contributed by atoms with E-state index in [0.29, 0.717) is 6.04 Å². The maximum Gasteiger partial charge on any atom is 0.264 e. The summed E-state index contributed by atoms with van der Waals surface area (Å²) in [6.45, 7) is 2.90. The second-order valence-corrected chi connectivity index (χ2v) is 8.01. The van der Waals surface area contributed by atoms with Crippen LogP contribution in [0, 0.1) is 5.92 Å². The highest BCUT2D eigenvalue weighted by molar-refractivity contribution is 9.11. The lowest BCUT2D eigenvalue weighted by atomic mass is 10.2. The van der Waals surface area contributed by atoms with Crippen LogP contribution >= 0.6 is 27.3 Å². The summed E-state index contributed by atoms with van der Waals surface area (Å²) in [4.78, 5) is 15.5. The summed E-state index contributed by atoms with van der Waals surface area (Å²) in [5.74, 6) is 0.949. The van der Waals surface area contributed by atoms with Crippen molar-refractivity contribution in [2.75, 3.05) is 19.6 Å². The highest BCUT2D eigenvalue weighted by Crippen LogP contribution is 2.31. The smallest absolute Gasteiger partial charge is 0.264 e. The number of carbonyl (C=O) groups excluding carboxylic acids is 1. The Hall–Kier alpha value is -0.390. The van der Waals surface area contributed by atoms with Crippen LogP contribution in [-0.4, -0.2) is 36.5 Å². The molecular weight excluding hydrogens is 324 g/mol. The lowest BCUT2D eigenvalue weighted by Gasteiger charge is -2.25. The van der Waals surface area contributed by atoms with Crippen LogP contribution in [0.3, 0.4) is 0 Å². The fourth-order valence-corrected chi connectivity index (χ4v) is 3.97. The molecule has 3 nitrogen and oxygen atoms in total. The third kappa shape index (κ3) is 3.58. The minimum Gasteiger partial charge on any atom is -0.336 e. The molecule has 0 spiro atoms. The highest BCUT2D eigenvalue weighted by Gasteiger charge is 2.29. The summed E-state index contributed by atoms with van der Waals surface area (Å²) in [5.41, 5.74) is 0. The molecule has 3 rings (SSSR count). The minimum atomic E-state index is 0.205. The van der Waals surface area contributed by atoms with E-state index < -0.39 is 0 Å². The van der Waals surface area contributed by atoms with Crippen molar-refractivity contribution in [3.05, 3.63) is 20.8 Å². The second-order valence-electron chi connectivity index (χ2n) is 5.55. The van der Waals surface area contributed by atoms with E-state index in [1.807, 2.05) is 12.1 Å². The normalized spacial score (nSPS) is 22.7. The summed E-state index contributed by atoms with van der Waals surface area (Å²) in [7, 11) is 0. The first-order chi connectivity index (χ1) is 9.22. The largest absolute Gasteiger partial charge is 0.336 e. The van der Waals surface area contributed by atoms with Crippen molar-refractivity contribution >= 4 is 33.2 Å². The molecule has 1 amide bonds. The van der Waals surface area contributed by atoms with E-state index in [1.54, 1.807) is 0 Å². The Bertz CT molecular complexity index is 452. The fourth-order valence-electron chi connectivity index (χ4n) is 2.62. The van der Waals surface area contributed by atoms with Gasteiger partial charge < -0.3 is 10.2 Å². The number of hydrogen-bond acceptors (Lipinski definition) is 3. The molecule has 0 radical (unpaired) electrons. The Balaban J connectivity index is 1.67. The lowest BCUT2D eigenvalue weighted by Crippen LogP contribution is -2.41. The monoisotopic (exact) mass is 342 g/mol. The van der Waals surface area contributed by atoms with Crippen molar-refractivity contribution in [3.63, 3.8) is 0 Å². The number of rotatable bonds is 5. The molecule has 1 aromatic heterocycles. The number of carbonyl (C=O) groups is 1. The molecule has 1 saturated carbocycles. The standard InChI is InChI=1S/C14H19BrN2OS/c15-13-6-5-12(19-13)14(18)17(8-10-3-4-10)9-11-2-1-7-16-11/h5-6,10-11,16H,1-4,7-9H2. The molecular formula is C14H19BrN2OS. The molecule has 5 heteroatoms. The van der Waals surface area contributed by atoms with Gasteiger partial charge in [-0.15, -0.1) is 11.3 Å². The molecule has 1 aromatic rings. The molecule has 1 unspecified atom stereocenters. The van der Waals surface area contributed by atoms with Gasteiger partial charge in [-0.25, -0.2) is 0 Å². The van der Waals surface area contributed by atoms with Gasteiger partial charge in [-0.2, -0.15) is 0 Å². The molecule has 104 valence electrons. The van der Waals surface area contributed by atoms with Crippen molar-refractivity contribution in [2.45, 2.75) is 31.7 Å². The van der Waals surface area contributed by atoms with Gasteiger partial charge in [0, 0.05) is 19.1 Å². The van der Waals surface area contributed by atoms with Crippen LogP contribution < -0.4 is 5.32 Å². The van der Waals surface area contributed by atoms with E-state index in [2.05, 4.69) is 26.1 Å². The molecule has 1 aliphatic carbocycles. The molecule has 2 heterocycles. The minimum absolute atomic E-state index is 0.205. The molecule has 1 aliphatic heterocycles. The van der Waals surface area contributed by atoms with Crippen LogP contribution in [0.4, 0.5) is 0 Å². The molecule has 19 heavy (non-hydrogen) atoms. The van der Waals surface area contributed by atoms with E-state index in [-0.39, 0.29) is 5.91 Å². The van der Waals surface area contributed by atoms with Crippen LogP contribution in [-0.2, 0) is 0 Å². The third-order valence-corrected chi connectivity index (χ3v) is 5.46. The van der Waals surface area contributed by atoms with Gasteiger partial charge >= 0.3 is 0 Å². The van der Waals surface area contributed by atoms with Crippen molar-refractivity contribution in [3.8, 4) is 0 Å². The van der Waals surface area contributed by atoms with E-state index in [9.17, 15) is 4.79 Å². The van der Waals surface area contributed by atoms with Gasteiger partial charge in [-0.05, 0) is 66.2 Å². The van der Waals surface area contributed by atoms with Crippen molar-refractivity contribution in [2.24, 2.45) is 5.92 Å². The Morgan fingerprint density at radius 1 is 1.37 bits per heavy atom. The molecule has 1 atom stereocenters.